The normalized spacial score (nSPS) is 22.7. The Morgan fingerprint density at radius 1 is 1.19 bits per heavy atom. The average molecular weight is 446 g/mol. The molecular formula is C22H24F2N4O4. The van der Waals surface area contributed by atoms with Crippen LogP contribution in [0.1, 0.15) is 32.7 Å². The van der Waals surface area contributed by atoms with E-state index in [4.69, 9.17) is 9.47 Å². The molecule has 32 heavy (non-hydrogen) atoms. The maximum absolute atomic E-state index is 13.2. The van der Waals surface area contributed by atoms with Crippen molar-refractivity contribution >= 4 is 23.4 Å². The summed E-state index contributed by atoms with van der Waals surface area (Å²) < 4.78 is 38.8. The molecule has 2 aromatic rings. The zero-order chi connectivity index (χ0) is 22.6. The van der Waals surface area contributed by atoms with E-state index in [0.29, 0.717) is 24.6 Å². The summed E-state index contributed by atoms with van der Waals surface area (Å²) in [4.78, 5) is 28.3. The van der Waals surface area contributed by atoms with Crippen molar-refractivity contribution in [3.63, 3.8) is 0 Å². The van der Waals surface area contributed by atoms with E-state index in [9.17, 15) is 18.4 Å². The molecule has 0 unspecified atom stereocenters. The molecule has 2 fully saturated rings. The SMILES string of the molecule is CC(=O)N1c2ccc(-c3cnn(C4COC4)c3)cc2N(C(=O)OC2CC(F)(F)C2)C[C@@H]1C. The maximum atomic E-state index is 13.2. The number of aromatic nitrogens is 2. The summed E-state index contributed by atoms with van der Waals surface area (Å²) >= 11 is 0. The zero-order valence-electron chi connectivity index (χ0n) is 17.8. The Hall–Kier alpha value is -3.01. The van der Waals surface area contributed by atoms with E-state index < -0.39 is 31.0 Å². The molecule has 2 amide bonds. The summed E-state index contributed by atoms with van der Waals surface area (Å²) in [6, 6.07) is 5.40. The predicted octanol–water partition coefficient (Wildman–Crippen LogP) is 3.62. The number of alkyl halides is 2. The van der Waals surface area contributed by atoms with Crippen molar-refractivity contribution < 1.29 is 27.8 Å². The Morgan fingerprint density at radius 3 is 2.56 bits per heavy atom. The lowest BCUT2D eigenvalue weighted by Gasteiger charge is -2.42. The van der Waals surface area contributed by atoms with Crippen molar-refractivity contribution in [3.8, 4) is 11.1 Å². The first kappa shape index (κ1) is 20.9. The molecule has 0 radical (unpaired) electrons. The van der Waals surface area contributed by atoms with Gasteiger partial charge in [0.2, 0.25) is 5.91 Å². The lowest BCUT2D eigenvalue weighted by molar-refractivity contribution is -0.143. The first-order valence-corrected chi connectivity index (χ1v) is 10.6. The van der Waals surface area contributed by atoms with Gasteiger partial charge < -0.3 is 14.4 Å². The molecule has 8 nitrogen and oxygen atoms in total. The van der Waals surface area contributed by atoms with Crippen molar-refractivity contribution in [2.45, 2.75) is 50.8 Å². The van der Waals surface area contributed by atoms with Crippen LogP contribution in [0.4, 0.5) is 25.0 Å². The molecule has 10 heteroatoms. The minimum Gasteiger partial charge on any atom is -0.445 e. The Kier molecular flexibility index (Phi) is 4.92. The van der Waals surface area contributed by atoms with Crippen LogP contribution in [0.15, 0.2) is 30.6 Å². The van der Waals surface area contributed by atoms with Gasteiger partial charge in [0.25, 0.3) is 5.92 Å². The van der Waals surface area contributed by atoms with Gasteiger partial charge in [0.05, 0.1) is 42.9 Å². The number of anilines is 2. The fourth-order valence-electron chi connectivity index (χ4n) is 4.42. The standard InChI is InChI=1S/C22H24F2N4O4/c1-13-9-26(21(30)32-18-6-22(23,24)7-18)20-5-15(3-4-19(20)28(13)14(2)29)16-8-25-27(10-16)17-11-31-12-17/h3-5,8,10,13,17-18H,6-7,9,11-12H2,1-2H3/t13-/m0/s1. The Morgan fingerprint density at radius 2 is 1.94 bits per heavy atom. The minimum absolute atomic E-state index is 0.143. The number of hydrogen-bond donors (Lipinski definition) is 0. The number of benzene rings is 1. The van der Waals surface area contributed by atoms with Crippen LogP contribution in [0.25, 0.3) is 11.1 Å². The topological polar surface area (TPSA) is 76.9 Å². The summed E-state index contributed by atoms with van der Waals surface area (Å²) in [6.45, 7) is 4.76. The second-order valence-electron chi connectivity index (χ2n) is 8.72. The molecule has 0 spiro atoms. The predicted molar refractivity (Wildman–Crippen MR) is 112 cm³/mol. The monoisotopic (exact) mass is 446 g/mol. The van der Waals surface area contributed by atoms with Crippen LogP contribution in [0.5, 0.6) is 0 Å². The summed E-state index contributed by atoms with van der Waals surface area (Å²) in [5, 5.41) is 4.40. The fraction of sp³-hybridized carbons (Fsp3) is 0.500. The highest BCUT2D eigenvalue weighted by molar-refractivity contribution is 6.03. The number of halogens is 2. The van der Waals surface area contributed by atoms with Gasteiger partial charge in [-0.05, 0) is 24.6 Å². The number of amides is 2. The van der Waals surface area contributed by atoms with Crippen LogP contribution in [-0.2, 0) is 14.3 Å². The van der Waals surface area contributed by atoms with Crippen molar-refractivity contribution in [1.82, 2.24) is 9.78 Å². The van der Waals surface area contributed by atoms with Gasteiger partial charge in [-0.15, -0.1) is 0 Å². The zero-order valence-corrected chi connectivity index (χ0v) is 17.8. The summed E-state index contributed by atoms with van der Waals surface area (Å²) in [5.41, 5.74) is 2.77. The van der Waals surface area contributed by atoms with Crippen LogP contribution in [0, 0.1) is 0 Å². The van der Waals surface area contributed by atoms with E-state index in [2.05, 4.69) is 5.10 Å². The smallest absolute Gasteiger partial charge is 0.414 e. The van der Waals surface area contributed by atoms with Crippen LogP contribution in [0.2, 0.25) is 0 Å². The molecule has 1 aromatic heterocycles. The van der Waals surface area contributed by atoms with E-state index in [1.54, 1.807) is 17.2 Å². The Labute approximate surface area is 183 Å². The average Bonchev–Trinajstić information content (AvgIpc) is 3.13. The Balaban J connectivity index is 1.46. The highest BCUT2D eigenvalue weighted by atomic mass is 19.3. The van der Waals surface area contributed by atoms with E-state index in [1.807, 2.05) is 29.9 Å². The third-order valence-corrected chi connectivity index (χ3v) is 6.22. The van der Waals surface area contributed by atoms with Gasteiger partial charge in [0.1, 0.15) is 6.10 Å². The molecule has 1 aromatic carbocycles. The highest BCUT2D eigenvalue weighted by Gasteiger charge is 2.48. The van der Waals surface area contributed by atoms with Crippen molar-refractivity contribution in [3.05, 3.63) is 30.6 Å². The molecule has 5 rings (SSSR count). The van der Waals surface area contributed by atoms with Gasteiger partial charge in [-0.25, -0.2) is 13.6 Å². The van der Waals surface area contributed by atoms with Gasteiger partial charge in [-0.2, -0.15) is 5.10 Å². The molecule has 0 bridgehead atoms. The third-order valence-electron chi connectivity index (χ3n) is 6.22. The summed E-state index contributed by atoms with van der Waals surface area (Å²) in [6.07, 6.45) is 1.27. The van der Waals surface area contributed by atoms with Gasteiger partial charge in [-0.1, -0.05) is 6.07 Å². The van der Waals surface area contributed by atoms with E-state index >= 15 is 0 Å². The van der Waals surface area contributed by atoms with Crippen LogP contribution >= 0.6 is 0 Å². The molecule has 1 aliphatic carbocycles. The molecule has 170 valence electrons. The summed E-state index contributed by atoms with van der Waals surface area (Å²) in [5.74, 6) is -2.92. The van der Waals surface area contributed by atoms with Crippen molar-refractivity contribution in [2.75, 3.05) is 29.6 Å². The van der Waals surface area contributed by atoms with Gasteiger partial charge >= 0.3 is 6.09 Å². The van der Waals surface area contributed by atoms with Crippen molar-refractivity contribution in [1.29, 1.82) is 0 Å². The van der Waals surface area contributed by atoms with E-state index in [-0.39, 0.29) is 24.5 Å². The number of nitrogens with zero attached hydrogens (tertiary/aromatic N) is 4. The number of carbonyl (C=O) groups is 2. The number of hydrogen-bond acceptors (Lipinski definition) is 5. The number of rotatable bonds is 3. The minimum atomic E-state index is -2.78. The van der Waals surface area contributed by atoms with E-state index in [1.165, 1.54) is 11.8 Å². The lowest BCUT2D eigenvalue weighted by atomic mass is 9.91. The number of carbonyl (C=O) groups excluding carboxylic acids is 2. The highest BCUT2D eigenvalue weighted by Crippen LogP contribution is 2.42. The molecule has 1 saturated carbocycles. The fourth-order valence-corrected chi connectivity index (χ4v) is 4.42. The summed E-state index contributed by atoms with van der Waals surface area (Å²) in [7, 11) is 0. The van der Waals surface area contributed by atoms with Gasteiger partial charge in [-0.3, -0.25) is 14.4 Å². The molecule has 1 saturated heterocycles. The largest absolute Gasteiger partial charge is 0.445 e. The van der Waals surface area contributed by atoms with Crippen LogP contribution in [0.3, 0.4) is 0 Å². The molecule has 2 aliphatic heterocycles. The van der Waals surface area contributed by atoms with Crippen molar-refractivity contribution in [2.24, 2.45) is 0 Å². The maximum Gasteiger partial charge on any atom is 0.414 e. The van der Waals surface area contributed by atoms with Gasteiger partial charge in [0.15, 0.2) is 0 Å². The molecule has 0 N–H and O–H groups in total. The van der Waals surface area contributed by atoms with Crippen LogP contribution < -0.4 is 9.80 Å². The number of fused-ring (bicyclic) bond motifs is 1. The lowest BCUT2D eigenvalue weighted by Crippen LogP contribution is -2.53. The molecule has 3 heterocycles. The second kappa shape index (κ2) is 7.54. The Bertz CT molecular complexity index is 1060. The number of ether oxygens (including phenoxy) is 2. The quantitative estimate of drug-likeness (QED) is 0.720. The van der Waals surface area contributed by atoms with Crippen LogP contribution in [-0.4, -0.2) is 59.6 Å². The third kappa shape index (κ3) is 3.62. The second-order valence-corrected chi connectivity index (χ2v) is 8.72. The molecular weight excluding hydrogens is 422 g/mol. The molecule has 3 aliphatic rings. The van der Waals surface area contributed by atoms with Gasteiger partial charge in [0, 0.05) is 38.1 Å². The first-order valence-electron chi connectivity index (χ1n) is 10.6. The first-order chi connectivity index (χ1) is 15.2. The molecule has 1 atom stereocenters. The van der Waals surface area contributed by atoms with E-state index in [0.717, 1.165) is 11.1 Å².